The van der Waals surface area contributed by atoms with Crippen LogP contribution in [0.4, 0.5) is 0 Å². The molecule has 0 saturated heterocycles. The van der Waals surface area contributed by atoms with Crippen LogP contribution in [-0.4, -0.2) is 20.7 Å². The van der Waals surface area contributed by atoms with Gasteiger partial charge in [-0.3, -0.25) is 0 Å². The van der Waals surface area contributed by atoms with Gasteiger partial charge in [0.05, 0.1) is 0 Å². The van der Waals surface area contributed by atoms with E-state index < -0.39 is 0 Å². The monoisotopic (exact) mass is 169 g/mol. The number of thiocarbonyl (C=S) groups is 1. The third-order valence-corrected chi connectivity index (χ3v) is 0. The molecule has 0 radical (unpaired) electrons. The minimum Gasteiger partial charge on any atom is -0.415 e. The summed E-state index contributed by atoms with van der Waals surface area (Å²) in [6.07, 6.45) is 0. The Morgan fingerprint density at radius 3 is 1.25 bits per heavy atom. The quantitative estimate of drug-likeness (QED) is 0.221. The molecule has 0 amide bonds. The maximum absolute atomic E-state index is 4.66. The number of nitrogens with two attached hydrogens (primary N) is 1. The van der Waals surface area contributed by atoms with Gasteiger partial charge in [-0.2, -0.15) is 0 Å². The van der Waals surface area contributed by atoms with Crippen molar-refractivity contribution in [3.63, 3.8) is 0 Å². The van der Waals surface area contributed by atoms with Crippen LogP contribution in [0.15, 0.2) is 0 Å². The molecule has 0 aliphatic carbocycles. The molecule has 0 aromatic rings. The SMILES string of the molecule is NC(=S)[S-].O.O.O.[Na+]. The van der Waals surface area contributed by atoms with Gasteiger partial charge in [0.15, 0.2) is 0 Å². The number of hydrogen-bond donors (Lipinski definition) is 1. The van der Waals surface area contributed by atoms with Gasteiger partial charge in [0.25, 0.3) is 0 Å². The molecule has 0 bridgehead atoms. The van der Waals surface area contributed by atoms with Gasteiger partial charge in [0.2, 0.25) is 0 Å². The van der Waals surface area contributed by atoms with Crippen molar-refractivity contribution in [1.29, 1.82) is 0 Å². The van der Waals surface area contributed by atoms with E-state index in [0.29, 0.717) is 0 Å². The van der Waals surface area contributed by atoms with Crippen LogP contribution in [0.1, 0.15) is 0 Å². The Morgan fingerprint density at radius 1 is 1.25 bits per heavy atom. The molecule has 0 rings (SSSR count). The molecule has 0 aromatic carbocycles. The van der Waals surface area contributed by atoms with Gasteiger partial charge in [-0.15, -0.1) is 0 Å². The maximum Gasteiger partial charge on any atom is 1.00 e. The Hall–Kier alpha value is 0.990. The molecule has 0 spiro atoms. The van der Waals surface area contributed by atoms with Crippen LogP contribution < -0.4 is 35.3 Å². The van der Waals surface area contributed by atoms with Crippen molar-refractivity contribution >= 4 is 29.2 Å². The number of rotatable bonds is 0. The second-order valence-electron chi connectivity index (χ2n) is 0.319. The van der Waals surface area contributed by atoms with Crippen molar-refractivity contribution < 1.29 is 46.0 Å². The van der Waals surface area contributed by atoms with Crippen molar-refractivity contribution in [2.75, 3.05) is 0 Å². The van der Waals surface area contributed by atoms with Gasteiger partial charge in [-0.05, 0) is 0 Å². The third kappa shape index (κ3) is 256. The molecule has 0 unspecified atom stereocenters. The van der Waals surface area contributed by atoms with Crippen LogP contribution >= 0.6 is 12.2 Å². The number of hydrogen-bond acceptors (Lipinski definition) is 2. The molecule has 7 heteroatoms. The summed E-state index contributed by atoms with van der Waals surface area (Å²) < 4.78 is 0.0833. The molecule has 8 N–H and O–H groups in total. The van der Waals surface area contributed by atoms with E-state index in [1.54, 1.807) is 0 Å². The summed E-state index contributed by atoms with van der Waals surface area (Å²) in [4.78, 5) is 0. The largest absolute Gasteiger partial charge is 1.00 e. The predicted octanol–water partition coefficient (Wildman–Crippen LogP) is -5.69. The summed E-state index contributed by atoms with van der Waals surface area (Å²) in [5.41, 5.74) is 4.66. The fourth-order valence-corrected chi connectivity index (χ4v) is 0. The van der Waals surface area contributed by atoms with Gasteiger partial charge >= 0.3 is 29.6 Å². The van der Waals surface area contributed by atoms with E-state index in [9.17, 15) is 0 Å². The first-order valence-corrected chi connectivity index (χ1v) is 1.51. The van der Waals surface area contributed by atoms with Crippen molar-refractivity contribution in [3.05, 3.63) is 0 Å². The molecule has 8 heavy (non-hydrogen) atoms. The zero-order chi connectivity index (χ0) is 3.58. The smallest absolute Gasteiger partial charge is 0.415 e. The fourth-order valence-electron chi connectivity index (χ4n) is 0. The topological polar surface area (TPSA) is 121 Å². The Balaban J connectivity index is -0.00000000750. The average Bonchev–Trinajstić information content (AvgIpc) is 0.811. The van der Waals surface area contributed by atoms with E-state index in [0.717, 1.165) is 0 Å². The second-order valence-corrected chi connectivity index (χ2v) is 1.46. The standard InChI is InChI=1S/CH3NS2.Na.3H2O/c2-1(3)4;;;;/h(H3,2,3,4);;3*1H2/q;+1;;;/p-1. The van der Waals surface area contributed by atoms with Gasteiger partial charge in [0, 0.05) is 0 Å². The van der Waals surface area contributed by atoms with Gasteiger partial charge < -0.3 is 47.0 Å². The van der Waals surface area contributed by atoms with Crippen molar-refractivity contribution in [2.45, 2.75) is 0 Å². The summed E-state index contributed by atoms with van der Waals surface area (Å²) in [5, 5.41) is 0. The minimum absolute atomic E-state index is 0. The molecular formula is CH8NNaO3S2. The van der Waals surface area contributed by atoms with Crippen LogP contribution in [0, 0.1) is 0 Å². The molecule has 0 atom stereocenters. The molecule has 4 nitrogen and oxygen atoms in total. The zero-order valence-corrected chi connectivity index (χ0v) is 8.03. The molecule has 0 aliphatic heterocycles. The maximum atomic E-state index is 4.66. The van der Waals surface area contributed by atoms with Crippen LogP contribution in [-0.2, 0) is 12.6 Å². The summed E-state index contributed by atoms with van der Waals surface area (Å²) in [7, 11) is 0. The second kappa shape index (κ2) is 24.5. The first-order chi connectivity index (χ1) is 1.73. The fraction of sp³-hybridized carbons (Fsp3) is 0. The zero-order valence-electron chi connectivity index (χ0n) is 4.39. The Labute approximate surface area is 80.4 Å². The summed E-state index contributed by atoms with van der Waals surface area (Å²) in [6.45, 7) is 0. The Bertz CT molecular complexity index is 40.3. The van der Waals surface area contributed by atoms with Gasteiger partial charge in [-0.1, -0.05) is 4.32 Å². The van der Waals surface area contributed by atoms with E-state index in [2.05, 4.69) is 30.6 Å². The summed E-state index contributed by atoms with van der Waals surface area (Å²) >= 11 is 8.26. The molecule has 48 valence electrons. The van der Waals surface area contributed by atoms with Gasteiger partial charge in [-0.25, -0.2) is 0 Å². The van der Waals surface area contributed by atoms with Crippen LogP contribution in [0.3, 0.4) is 0 Å². The molecule has 0 fully saturated rings. The average molecular weight is 169 g/mol. The first-order valence-electron chi connectivity index (χ1n) is 0.697. The Kier molecular flexibility index (Phi) is 111. The van der Waals surface area contributed by atoms with Crippen LogP contribution in [0.5, 0.6) is 0 Å². The minimum atomic E-state index is 0. The Morgan fingerprint density at radius 2 is 1.25 bits per heavy atom. The first kappa shape index (κ1) is 36.1. The normalized spacial score (nSPS) is 3.00. The van der Waals surface area contributed by atoms with Crippen molar-refractivity contribution in [3.8, 4) is 0 Å². The van der Waals surface area contributed by atoms with E-state index in [-0.39, 0.29) is 50.3 Å². The van der Waals surface area contributed by atoms with Crippen LogP contribution in [0.25, 0.3) is 0 Å². The van der Waals surface area contributed by atoms with Gasteiger partial charge in [0.1, 0.15) is 0 Å². The van der Waals surface area contributed by atoms with Crippen molar-refractivity contribution in [2.24, 2.45) is 5.73 Å². The van der Waals surface area contributed by atoms with Crippen molar-refractivity contribution in [1.82, 2.24) is 0 Å². The molecule has 0 aromatic heterocycles. The molecular weight excluding hydrogens is 161 g/mol. The summed E-state index contributed by atoms with van der Waals surface area (Å²) in [5.74, 6) is 0. The van der Waals surface area contributed by atoms with E-state index in [1.165, 1.54) is 0 Å². The van der Waals surface area contributed by atoms with E-state index in [4.69, 9.17) is 0 Å². The van der Waals surface area contributed by atoms with Crippen LogP contribution in [0.2, 0.25) is 0 Å². The molecule has 0 aliphatic rings. The predicted molar refractivity (Wildman–Crippen MR) is 35.0 cm³/mol. The molecule has 0 heterocycles. The van der Waals surface area contributed by atoms with E-state index in [1.807, 2.05) is 0 Å². The third-order valence-electron chi connectivity index (χ3n) is 0. The summed E-state index contributed by atoms with van der Waals surface area (Å²) in [6, 6.07) is 0. The van der Waals surface area contributed by atoms with E-state index >= 15 is 0 Å². The molecule has 0 saturated carbocycles.